The SMILES string of the molecule is CC(C)CC(=O)Nc1cncc(-c2cnc3n[nH]c(-c4cc5ncccc5[nH]4)c3c2)c1. The van der Waals surface area contributed by atoms with Crippen LogP contribution in [-0.4, -0.2) is 36.0 Å². The molecule has 8 nitrogen and oxygen atoms in total. The van der Waals surface area contributed by atoms with Crippen molar-refractivity contribution in [1.29, 1.82) is 0 Å². The van der Waals surface area contributed by atoms with Crippen LogP contribution in [0.2, 0.25) is 0 Å². The Morgan fingerprint density at radius 2 is 1.97 bits per heavy atom. The van der Waals surface area contributed by atoms with Gasteiger partial charge in [0, 0.05) is 41.5 Å². The molecule has 0 fully saturated rings. The van der Waals surface area contributed by atoms with E-state index in [1.54, 1.807) is 24.8 Å². The molecule has 5 aromatic heterocycles. The second kappa shape index (κ2) is 7.64. The van der Waals surface area contributed by atoms with Crippen molar-refractivity contribution in [3.63, 3.8) is 0 Å². The van der Waals surface area contributed by atoms with Gasteiger partial charge in [-0.1, -0.05) is 13.8 Å². The maximum atomic E-state index is 12.1. The number of anilines is 1. The van der Waals surface area contributed by atoms with Crippen molar-refractivity contribution >= 4 is 33.7 Å². The molecule has 0 saturated heterocycles. The first-order chi connectivity index (χ1) is 15.1. The lowest BCUT2D eigenvalue weighted by molar-refractivity contribution is -0.116. The van der Waals surface area contributed by atoms with E-state index in [4.69, 9.17) is 0 Å². The molecule has 3 N–H and O–H groups in total. The quantitative estimate of drug-likeness (QED) is 0.393. The highest BCUT2D eigenvalue weighted by Crippen LogP contribution is 2.30. The summed E-state index contributed by atoms with van der Waals surface area (Å²) in [6.07, 6.45) is 7.40. The number of aromatic nitrogens is 6. The topological polar surface area (TPSA) is 112 Å². The molecule has 0 radical (unpaired) electrons. The monoisotopic (exact) mass is 411 g/mol. The maximum Gasteiger partial charge on any atom is 0.224 e. The van der Waals surface area contributed by atoms with Crippen LogP contribution in [-0.2, 0) is 4.79 Å². The maximum absolute atomic E-state index is 12.1. The lowest BCUT2D eigenvalue weighted by Crippen LogP contribution is -2.13. The minimum Gasteiger partial charge on any atom is -0.352 e. The van der Waals surface area contributed by atoms with Crippen LogP contribution in [0.4, 0.5) is 5.69 Å². The number of nitrogens with zero attached hydrogens (tertiary/aromatic N) is 4. The van der Waals surface area contributed by atoms with Gasteiger partial charge in [-0.3, -0.25) is 19.9 Å². The standard InChI is InChI=1S/C23H21N7O/c1-13(2)6-21(31)27-16-7-14(10-24-12-16)15-8-17-22(29-30-23(17)26-11-15)20-9-19-18(28-20)4-3-5-25-19/h3-5,7-13,28H,6H2,1-2H3,(H,27,31)(H,26,29,30). The van der Waals surface area contributed by atoms with Crippen molar-refractivity contribution < 1.29 is 4.79 Å². The highest BCUT2D eigenvalue weighted by Gasteiger charge is 2.14. The van der Waals surface area contributed by atoms with Gasteiger partial charge in [-0.25, -0.2) is 4.98 Å². The minimum absolute atomic E-state index is 0.0212. The average Bonchev–Trinajstić information content (AvgIpc) is 3.36. The molecule has 5 rings (SSSR count). The summed E-state index contributed by atoms with van der Waals surface area (Å²) in [5.74, 6) is 0.272. The number of H-pyrrole nitrogens is 2. The molecule has 0 aliphatic carbocycles. The van der Waals surface area contributed by atoms with E-state index in [-0.39, 0.29) is 5.91 Å². The normalized spacial score (nSPS) is 11.5. The number of pyridine rings is 3. The molecule has 5 aromatic rings. The highest BCUT2D eigenvalue weighted by atomic mass is 16.1. The van der Waals surface area contributed by atoms with Gasteiger partial charge < -0.3 is 10.3 Å². The second-order valence-corrected chi connectivity index (χ2v) is 7.92. The number of carbonyl (C=O) groups excluding carboxylic acids is 1. The number of carbonyl (C=O) groups is 1. The fourth-order valence-corrected chi connectivity index (χ4v) is 3.60. The molecule has 5 heterocycles. The number of rotatable bonds is 5. The van der Waals surface area contributed by atoms with E-state index in [0.717, 1.165) is 38.9 Å². The summed E-state index contributed by atoms with van der Waals surface area (Å²) < 4.78 is 0. The minimum atomic E-state index is -0.0212. The Bertz CT molecular complexity index is 1370. The number of amides is 1. The van der Waals surface area contributed by atoms with Gasteiger partial charge in [0.15, 0.2) is 5.65 Å². The molecule has 0 saturated carbocycles. The molecule has 0 unspecified atom stereocenters. The fraction of sp³-hybridized carbons (Fsp3) is 0.174. The molecule has 0 aliphatic heterocycles. The van der Waals surface area contributed by atoms with Crippen molar-refractivity contribution in [2.75, 3.05) is 5.32 Å². The molecule has 0 spiro atoms. The number of fused-ring (bicyclic) bond motifs is 2. The molecule has 0 bridgehead atoms. The third kappa shape index (κ3) is 3.75. The van der Waals surface area contributed by atoms with Crippen LogP contribution in [0.25, 0.3) is 44.6 Å². The first-order valence-corrected chi connectivity index (χ1v) is 10.1. The molecular formula is C23H21N7O. The van der Waals surface area contributed by atoms with E-state index in [0.29, 0.717) is 23.7 Å². The van der Waals surface area contributed by atoms with Gasteiger partial charge in [0.1, 0.15) is 0 Å². The largest absolute Gasteiger partial charge is 0.352 e. The van der Waals surface area contributed by atoms with Crippen LogP contribution in [0.15, 0.2) is 55.1 Å². The molecule has 0 atom stereocenters. The van der Waals surface area contributed by atoms with E-state index in [2.05, 4.69) is 35.5 Å². The highest BCUT2D eigenvalue weighted by molar-refractivity contribution is 5.95. The summed E-state index contributed by atoms with van der Waals surface area (Å²) in [6, 6.07) is 9.80. The third-order valence-corrected chi connectivity index (χ3v) is 5.02. The van der Waals surface area contributed by atoms with Crippen LogP contribution in [0.1, 0.15) is 20.3 Å². The zero-order chi connectivity index (χ0) is 21.4. The Hall–Kier alpha value is -4.07. The van der Waals surface area contributed by atoms with Crippen LogP contribution in [0.5, 0.6) is 0 Å². The molecule has 0 aromatic carbocycles. The summed E-state index contributed by atoms with van der Waals surface area (Å²) in [5.41, 5.74) is 6.62. The summed E-state index contributed by atoms with van der Waals surface area (Å²) in [6.45, 7) is 4.03. The van der Waals surface area contributed by atoms with Crippen molar-refractivity contribution in [1.82, 2.24) is 30.1 Å². The number of aromatic amines is 2. The first kappa shape index (κ1) is 18.9. The van der Waals surface area contributed by atoms with E-state index < -0.39 is 0 Å². The zero-order valence-electron chi connectivity index (χ0n) is 17.2. The van der Waals surface area contributed by atoms with Gasteiger partial charge in [-0.2, -0.15) is 5.10 Å². The van der Waals surface area contributed by atoms with Crippen molar-refractivity contribution in [3.8, 4) is 22.5 Å². The van der Waals surface area contributed by atoms with Gasteiger partial charge in [0.05, 0.1) is 34.3 Å². The predicted molar refractivity (Wildman–Crippen MR) is 120 cm³/mol. The molecule has 8 heteroatoms. The summed E-state index contributed by atoms with van der Waals surface area (Å²) >= 11 is 0. The molecule has 154 valence electrons. The Labute approximate surface area is 178 Å². The van der Waals surface area contributed by atoms with E-state index in [1.165, 1.54) is 0 Å². The Kier molecular flexibility index (Phi) is 4.66. The molecule has 1 amide bonds. The van der Waals surface area contributed by atoms with Gasteiger partial charge in [0.25, 0.3) is 0 Å². The van der Waals surface area contributed by atoms with Crippen LogP contribution >= 0.6 is 0 Å². The molecular weight excluding hydrogens is 390 g/mol. The van der Waals surface area contributed by atoms with Gasteiger partial charge in [-0.15, -0.1) is 0 Å². The number of hydrogen-bond donors (Lipinski definition) is 3. The lowest BCUT2D eigenvalue weighted by Gasteiger charge is -2.08. The zero-order valence-corrected chi connectivity index (χ0v) is 17.2. The fourth-order valence-electron chi connectivity index (χ4n) is 3.60. The van der Waals surface area contributed by atoms with Crippen molar-refractivity contribution in [2.24, 2.45) is 5.92 Å². The van der Waals surface area contributed by atoms with Gasteiger partial charge >= 0.3 is 0 Å². The summed E-state index contributed by atoms with van der Waals surface area (Å²) in [7, 11) is 0. The van der Waals surface area contributed by atoms with Crippen LogP contribution in [0, 0.1) is 5.92 Å². The smallest absolute Gasteiger partial charge is 0.224 e. The number of nitrogens with one attached hydrogen (secondary N) is 3. The molecule has 0 aliphatic rings. The summed E-state index contributed by atoms with van der Waals surface area (Å²) in [4.78, 5) is 28.7. The number of hydrogen-bond acceptors (Lipinski definition) is 5. The first-order valence-electron chi connectivity index (χ1n) is 10.1. The van der Waals surface area contributed by atoms with Crippen molar-refractivity contribution in [2.45, 2.75) is 20.3 Å². The van der Waals surface area contributed by atoms with Gasteiger partial charge in [0.2, 0.25) is 5.91 Å². The van der Waals surface area contributed by atoms with Gasteiger partial charge in [-0.05, 0) is 36.2 Å². The molecule has 31 heavy (non-hydrogen) atoms. The van der Waals surface area contributed by atoms with Crippen molar-refractivity contribution in [3.05, 3.63) is 55.1 Å². The van der Waals surface area contributed by atoms with Crippen LogP contribution < -0.4 is 5.32 Å². The average molecular weight is 411 g/mol. The third-order valence-electron chi connectivity index (χ3n) is 5.02. The van der Waals surface area contributed by atoms with Crippen LogP contribution in [0.3, 0.4) is 0 Å². The van der Waals surface area contributed by atoms with E-state index in [9.17, 15) is 4.79 Å². The summed E-state index contributed by atoms with van der Waals surface area (Å²) in [5, 5.41) is 11.2. The Morgan fingerprint density at radius 3 is 2.81 bits per heavy atom. The predicted octanol–water partition coefficient (Wildman–Crippen LogP) is 4.55. The second-order valence-electron chi connectivity index (χ2n) is 7.92. The van der Waals surface area contributed by atoms with E-state index in [1.807, 2.05) is 44.2 Å². The lowest BCUT2D eigenvalue weighted by atomic mass is 10.1. The van der Waals surface area contributed by atoms with E-state index >= 15 is 0 Å². The Balaban J connectivity index is 1.51. The Morgan fingerprint density at radius 1 is 1.10 bits per heavy atom.